The van der Waals surface area contributed by atoms with Gasteiger partial charge in [0, 0.05) is 22.7 Å². The van der Waals surface area contributed by atoms with E-state index in [9.17, 15) is 4.79 Å². The molecule has 5 heteroatoms. The molecule has 0 saturated carbocycles. The van der Waals surface area contributed by atoms with Crippen LogP contribution in [0, 0.1) is 6.92 Å². The van der Waals surface area contributed by atoms with Gasteiger partial charge in [-0.15, -0.1) is 0 Å². The lowest BCUT2D eigenvalue weighted by Crippen LogP contribution is -2.13. The number of aromatic nitrogens is 1. The van der Waals surface area contributed by atoms with Gasteiger partial charge in [-0.25, -0.2) is 0 Å². The fraction of sp³-hybridized carbons (Fsp3) is 0.286. The quantitative estimate of drug-likeness (QED) is 0.923. The molecule has 0 unspecified atom stereocenters. The average Bonchev–Trinajstić information content (AvgIpc) is 2.82. The zero-order valence-electron chi connectivity index (χ0n) is 11.0. The first-order valence-corrected chi connectivity index (χ1v) is 6.39. The number of carbonyl (C=O) groups is 1. The van der Waals surface area contributed by atoms with Crippen molar-refractivity contribution in [3.63, 3.8) is 0 Å². The maximum Gasteiger partial charge on any atom is 0.277 e. The predicted molar refractivity (Wildman–Crippen MR) is 74.7 cm³/mol. The van der Waals surface area contributed by atoms with E-state index in [1.807, 2.05) is 20.8 Å². The Morgan fingerprint density at radius 3 is 2.68 bits per heavy atom. The smallest absolute Gasteiger partial charge is 0.277 e. The van der Waals surface area contributed by atoms with Crippen LogP contribution in [0.3, 0.4) is 0 Å². The van der Waals surface area contributed by atoms with Crippen molar-refractivity contribution in [3.05, 3.63) is 46.3 Å². The second kappa shape index (κ2) is 5.45. The largest absolute Gasteiger partial charge is 0.360 e. The number of hydrogen-bond acceptors (Lipinski definition) is 3. The van der Waals surface area contributed by atoms with Crippen molar-refractivity contribution >= 4 is 23.2 Å². The van der Waals surface area contributed by atoms with Crippen LogP contribution in [0.5, 0.6) is 0 Å². The number of rotatable bonds is 3. The minimum absolute atomic E-state index is 0.200. The van der Waals surface area contributed by atoms with Crippen molar-refractivity contribution in [2.24, 2.45) is 0 Å². The van der Waals surface area contributed by atoms with Crippen molar-refractivity contribution in [3.8, 4) is 0 Å². The highest BCUT2D eigenvalue weighted by Gasteiger charge is 2.15. The molecule has 0 spiro atoms. The van der Waals surface area contributed by atoms with Crippen LogP contribution in [0.2, 0.25) is 5.02 Å². The maximum atomic E-state index is 12.0. The molecule has 0 bridgehead atoms. The number of amides is 1. The van der Waals surface area contributed by atoms with Crippen LogP contribution in [-0.2, 0) is 0 Å². The summed E-state index contributed by atoms with van der Waals surface area (Å²) in [5, 5.41) is 7.19. The molecule has 0 aliphatic heterocycles. The fourth-order valence-corrected chi connectivity index (χ4v) is 1.85. The molecule has 100 valence electrons. The van der Waals surface area contributed by atoms with Crippen LogP contribution in [0.4, 0.5) is 5.69 Å². The molecule has 2 aromatic rings. The van der Waals surface area contributed by atoms with Crippen LogP contribution in [-0.4, -0.2) is 11.1 Å². The Kier molecular flexibility index (Phi) is 3.90. The summed E-state index contributed by atoms with van der Waals surface area (Å²) in [6, 6.07) is 6.94. The molecule has 0 atom stereocenters. The Bertz CT molecular complexity index is 605. The van der Waals surface area contributed by atoms with Gasteiger partial charge in [0.1, 0.15) is 5.76 Å². The van der Waals surface area contributed by atoms with Crippen LogP contribution >= 0.6 is 11.6 Å². The number of anilines is 1. The number of benzene rings is 1. The first kappa shape index (κ1) is 13.6. The molecule has 1 heterocycles. The minimum Gasteiger partial charge on any atom is -0.360 e. The summed E-state index contributed by atoms with van der Waals surface area (Å²) < 4.78 is 5.10. The van der Waals surface area contributed by atoms with Gasteiger partial charge in [0.05, 0.1) is 0 Å². The van der Waals surface area contributed by atoms with E-state index in [4.69, 9.17) is 16.1 Å². The van der Waals surface area contributed by atoms with Gasteiger partial charge in [0.15, 0.2) is 5.69 Å². The number of halogens is 1. The van der Waals surface area contributed by atoms with E-state index in [1.54, 1.807) is 24.3 Å². The monoisotopic (exact) mass is 278 g/mol. The lowest BCUT2D eigenvalue weighted by atomic mass is 10.1. The molecule has 1 N–H and O–H groups in total. The number of aryl methyl sites for hydroxylation is 1. The van der Waals surface area contributed by atoms with Crippen molar-refractivity contribution < 1.29 is 9.32 Å². The highest BCUT2D eigenvalue weighted by Crippen LogP contribution is 2.21. The molecule has 1 amide bonds. The van der Waals surface area contributed by atoms with Gasteiger partial charge in [0.25, 0.3) is 5.91 Å². The first-order valence-electron chi connectivity index (χ1n) is 6.01. The number of hydrogen-bond donors (Lipinski definition) is 1. The lowest BCUT2D eigenvalue weighted by molar-refractivity contribution is 0.101. The van der Waals surface area contributed by atoms with E-state index < -0.39 is 0 Å². The second-order valence-electron chi connectivity index (χ2n) is 4.68. The van der Waals surface area contributed by atoms with E-state index in [2.05, 4.69) is 10.5 Å². The van der Waals surface area contributed by atoms with Gasteiger partial charge >= 0.3 is 0 Å². The molecule has 0 radical (unpaired) electrons. The zero-order chi connectivity index (χ0) is 14.0. The second-order valence-corrected chi connectivity index (χ2v) is 5.12. The summed E-state index contributed by atoms with van der Waals surface area (Å²) in [5.74, 6) is 0.602. The molecule has 0 aliphatic rings. The molecule has 4 nitrogen and oxygen atoms in total. The van der Waals surface area contributed by atoms with Crippen LogP contribution in [0.1, 0.15) is 41.6 Å². The van der Waals surface area contributed by atoms with Gasteiger partial charge in [-0.1, -0.05) is 30.6 Å². The topological polar surface area (TPSA) is 55.1 Å². The Morgan fingerprint density at radius 1 is 1.37 bits per heavy atom. The summed E-state index contributed by atoms with van der Waals surface area (Å²) in [7, 11) is 0. The van der Waals surface area contributed by atoms with Crippen LogP contribution < -0.4 is 5.32 Å². The molecule has 0 fully saturated rings. The molecular formula is C14H15ClN2O2. The summed E-state index contributed by atoms with van der Waals surface area (Å²) >= 11 is 5.87. The predicted octanol–water partition coefficient (Wildman–Crippen LogP) is 4.01. The van der Waals surface area contributed by atoms with E-state index in [1.165, 1.54) is 0 Å². The van der Waals surface area contributed by atoms with Crippen LogP contribution in [0.15, 0.2) is 28.8 Å². The molecule has 19 heavy (non-hydrogen) atoms. The van der Waals surface area contributed by atoms with Gasteiger partial charge in [-0.3, -0.25) is 4.79 Å². The number of nitrogens with one attached hydrogen (secondary N) is 1. The maximum absolute atomic E-state index is 12.0. The summed E-state index contributed by atoms with van der Waals surface area (Å²) in [6.45, 7) is 5.83. The Labute approximate surface area is 116 Å². The Morgan fingerprint density at radius 2 is 2.11 bits per heavy atom. The number of nitrogens with zero attached hydrogens (tertiary/aromatic N) is 1. The highest BCUT2D eigenvalue weighted by atomic mass is 35.5. The minimum atomic E-state index is -0.291. The van der Waals surface area contributed by atoms with E-state index in [-0.39, 0.29) is 17.5 Å². The highest BCUT2D eigenvalue weighted by molar-refractivity contribution is 6.30. The van der Waals surface area contributed by atoms with Gasteiger partial charge in [-0.05, 0) is 30.7 Å². The summed E-state index contributed by atoms with van der Waals surface area (Å²) in [5.41, 5.74) is 1.88. The summed E-state index contributed by atoms with van der Waals surface area (Å²) in [4.78, 5) is 12.0. The number of carbonyl (C=O) groups excluding carboxylic acids is 1. The van der Waals surface area contributed by atoms with Crippen molar-refractivity contribution in [2.45, 2.75) is 26.7 Å². The normalized spacial score (nSPS) is 10.8. The van der Waals surface area contributed by atoms with Crippen molar-refractivity contribution in [2.75, 3.05) is 5.32 Å². The third-order valence-corrected chi connectivity index (χ3v) is 3.00. The molecule has 2 rings (SSSR count). The van der Waals surface area contributed by atoms with Gasteiger partial charge in [-0.2, -0.15) is 0 Å². The van der Waals surface area contributed by atoms with Crippen molar-refractivity contribution in [1.82, 2.24) is 5.16 Å². The van der Waals surface area contributed by atoms with Crippen LogP contribution in [0.25, 0.3) is 0 Å². The standard InChI is InChI=1S/C14H15ClN2O2/c1-8(2)13-7-12(17-19-13)14(18)16-11-5-4-10(15)6-9(11)3/h4-8H,1-3H3,(H,16,18). The third kappa shape index (κ3) is 3.15. The average molecular weight is 279 g/mol. The molecule has 1 aromatic heterocycles. The summed E-state index contributed by atoms with van der Waals surface area (Å²) in [6.07, 6.45) is 0. The fourth-order valence-electron chi connectivity index (χ4n) is 1.62. The molecular weight excluding hydrogens is 264 g/mol. The Hall–Kier alpha value is -1.81. The van der Waals surface area contributed by atoms with E-state index >= 15 is 0 Å². The van der Waals surface area contributed by atoms with Gasteiger partial charge in [0.2, 0.25) is 0 Å². The van der Waals surface area contributed by atoms with Crippen molar-refractivity contribution in [1.29, 1.82) is 0 Å². The first-order chi connectivity index (χ1) is 8.97. The van der Waals surface area contributed by atoms with E-state index in [0.29, 0.717) is 16.5 Å². The van der Waals surface area contributed by atoms with Gasteiger partial charge < -0.3 is 9.84 Å². The SMILES string of the molecule is Cc1cc(Cl)ccc1NC(=O)c1cc(C(C)C)on1. The lowest BCUT2D eigenvalue weighted by Gasteiger charge is -2.06. The molecule has 1 aromatic carbocycles. The Balaban J connectivity index is 2.16. The van der Waals surface area contributed by atoms with E-state index in [0.717, 1.165) is 5.56 Å². The third-order valence-electron chi connectivity index (χ3n) is 2.77. The molecule has 0 saturated heterocycles. The molecule has 0 aliphatic carbocycles. The zero-order valence-corrected chi connectivity index (χ0v) is 11.8.